The summed E-state index contributed by atoms with van der Waals surface area (Å²) in [5.74, 6) is -2.68. The Morgan fingerprint density at radius 1 is 1.17 bits per heavy atom. The highest BCUT2D eigenvalue weighted by Crippen LogP contribution is 2.31. The van der Waals surface area contributed by atoms with Gasteiger partial charge >= 0.3 is 6.03 Å². The lowest BCUT2D eigenvalue weighted by molar-refractivity contribution is -0.139. The quantitative estimate of drug-likeness (QED) is 0.605. The van der Waals surface area contributed by atoms with Crippen LogP contribution in [0.15, 0.2) is 48.5 Å². The number of benzene rings is 2. The smallest absolute Gasteiger partial charge is 0.318 e. The van der Waals surface area contributed by atoms with E-state index in [2.05, 4.69) is 16.1 Å². The van der Waals surface area contributed by atoms with E-state index >= 15 is 0 Å². The van der Waals surface area contributed by atoms with Gasteiger partial charge in [0, 0.05) is 17.7 Å². The van der Waals surface area contributed by atoms with Crippen LogP contribution in [0.2, 0.25) is 0 Å². The van der Waals surface area contributed by atoms with E-state index in [1.807, 2.05) is 0 Å². The summed E-state index contributed by atoms with van der Waals surface area (Å²) in [6.45, 7) is 3.07. The Labute approximate surface area is 172 Å². The lowest BCUT2D eigenvalue weighted by Gasteiger charge is -2.25. The van der Waals surface area contributed by atoms with Crippen molar-refractivity contribution in [1.29, 1.82) is 0 Å². The zero-order valence-corrected chi connectivity index (χ0v) is 16.5. The van der Waals surface area contributed by atoms with Crippen LogP contribution in [0.4, 0.5) is 13.6 Å². The number of rotatable bonds is 7. The van der Waals surface area contributed by atoms with E-state index < -0.39 is 41.1 Å². The monoisotopic (exact) mass is 416 g/mol. The zero-order chi connectivity index (χ0) is 21.9. The van der Waals surface area contributed by atoms with Crippen molar-refractivity contribution in [3.8, 4) is 0 Å². The summed E-state index contributed by atoms with van der Waals surface area (Å²) in [7, 11) is 0. The Bertz CT molecular complexity index is 970. The number of hydrazine groups is 1. The molecule has 1 heterocycles. The molecule has 0 aromatic heterocycles. The van der Waals surface area contributed by atoms with E-state index in [1.54, 1.807) is 44.2 Å². The summed E-state index contributed by atoms with van der Waals surface area (Å²) in [5.41, 5.74) is 1.82. The van der Waals surface area contributed by atoms with Gasteiger partial charge in [-0.15, -0.1) is 0 Å². The van der Waals surface area contributed by atoms with Crippen molar-refractivity contribution in [3.05, 3.63) is 71.3 Å². The first kappa shape index (κ1) is 21.4. The molecule has 1 aliphatic rings. The molecule has 0 aliphatic carbocycles. The van der Waals surface area contributed by atoms with Crippen LogP contribution in [0.3, 0.4) is 0 Å². The summed E-state index contributed by atoms with van der Waals surface area (Å²) >= 11 is 0. The molecule has 30 heavy (non-hydrogen) atoms. The number of hydrogen-bond donors (Lipinski definition) is 3. The second-order valence-corrected chi connectivity index (χ2v) is 7.00. The van der Waals surface area contributed by atoms with E-state index in [9.17, 15) is 23.2 Å². The number of amides is 4. The van der Waals surface area contributed by atoms with Crippen molar-refractivity contribution in [2.75, 3.05) is 6.54 Å². The minimum atomic E-state index is -1.26. The Morgan fingerprint density at radius 3 is 2.50 bits per heavy atom. The maximum Gasteiger partial charge on any atom is 0.344 e. The largest absolute Gasteiger partial charge is 0.344 e. The molecule has 1 fully saturated rings. The second-order valence-electron chi connectivity index (χ2n) is 7.00. The molecule has 4 amide bonds. The summed E-state index contributed by atoms with van der Waals surface area (Å²) in [6.07, 6.45) is 0.299. The molecule has 0 radical (unpaired) electrons. The minimum Gasteiger partial charge on any atom is -0.318 e. The molecule has 3 rings (SSSR count). The van der Waals surface area contributed by atoms with Gasteiger partial charge in [-0.05, 0) is 25.0 Å². The summed E-state index contributed by atoms with van der Waals surface area (Å²) < 4.78 is 26.9. The lowest BCUT2D eigenvalue weighted by Crippen LogP contribution is -2.50. The van der Waals surface area contributed by atoms with Crippen molar-refractivity contribution in [2.45, 2.75) is 31.8 Å². The standard InChI is InChI=1S/C21H22F2N4O3/c1-3-21(14-7-5-4-6-8-14)19(29)27(20(30)25-21)26-18(28)12-24-13(2)16-10-9-15(22)11-17(16)23/h4-11,13,24H,3,12H2,1-2H3,(H,25,30)(H,26,28)/t13-,21+/m1/s1. The Balaban J connectivity index is 1.65. The van der Waals surface area contributed by atoms with Crippen molar-refractivity contribution in [1.82, 2.24) is 21.1 Å². The molecule has 0 spiro atoms. The number of carbonyl (C=O) groups is 3. The second kappa shape index (κ2) is 8.58. The minimum absolute atomic E-state index is 0.188. The van der Waals surface area contributed by atoms with Crippen LogP contribution in [0.5, 0.6) is 0 Å². The highest BCUT2D eigenvalue weighted by Gasteiger charge is 2.52. The number of hydrogen-bond acceptors (Lipinski definition) is 4. The van der Waals surface area contributed by atoms with Gasteiger partial charge < -0.3 is 10.6 Å². The van der Waals surface area contributed by atoms with Gasteiger partial charge in [-0.3, -0.25) is 15.0 Å². The van der Waals surface area contributed by atoms with Gasteiger partial charge in [0.05, 0.1) is 6.54 Å². The number of carbonyl (C=O) groups excluding carboxylic acids is 3. The fourth-order valence-electron chi connectivity index (χ4n) is 3.41. The van der Waals surface area contributed by atoms with Gasteiger partial charge in [0.2, 0.25) is 0 Å². The van der Waals surface area contributed by atoms with E-state index in [0.717, 1.165) is 12.1 Å². The Morgan fingerprint density at radius 2 is 1.87 bits per heavy atom. The van der Waals surface area contributed by atoms with Crippen molar-refractivity contribution >= 4 is 17.8 Å². The van der Waals surface area contributed by atoms with Gasteiger partial charge in [-0.25, -0.2) is 13.6 Å². The van der Waals surface area contributed by atoms with Crippen molar-refractivity contribution in [3.63, 3.8) is 0 Å². The van der Waals surface area contributed by atoms with E-state index in [-0.39, 0.29) is 12.1 Å². The predicted molar refractivity (Wildman–Crippen MR) is 105 cm³/mol. The summed E-state index contributed by atoms with van der Waals surface area (Å²) in [6, 6.07) is 10.6. The number of urea groups is 1. The molecule has 158 valence electrons. The Kier molecular flexibility index (Phi) is 6.12. The van der Waals surface area contributed by atoms with Crippen LogP contribution < -0.4 is 16.1 Å². The van der Waals surface area contributed by atoms with Crippen LogP contribution >= 0.6 is 0 Å². The maximum atomic E-state index is 13.9. The third-order valence-electron chi connectivity index (χ3n) is 5.12. The van der Waals surface area contributed by atoms with Crippen molar-refractivity contribution < 1.29 is 23.2 Å². The van der Waals surface area contributed by atoms with E-state index in [4.69, 9.17) is 0 Å². The van der Waals surface area contributed by atoms with Crippen LogP contribution in [0, 0.1) is 11.6 Å². The molecule has 9 heteroatoms. The number of nitrogens with one attached hydrogen (secondary N) is 3. The molecule has 2 aromatic rings. The number of halogens is 2. The third-order valence-corrected chi connectivity index (χ3v) is 5.12. The number of nitrogens with zero attached hydrogens (tertiary/aromatic N) is 1. The molecule has 2 aromatic carbocycles. The van der Waals surface area contributed by atoms with Crippen LogP contribution in [-0.4, -0.2) is 29.4 Å². The Hall–Kier alpha value is -3.33. The topological polar surface area (TPSA) is 90.5 Å². The molecular weight excluding hydrogens is 394 g/mol. The molecule has 3 N–H and O–H groups in total. The SMILES string of the molecule is CC[C@@]1(c2ccccc2)NC(=O)N(NC(=O)CN[C@H](C)c2ccc(F)cc2F)C1=O. The molecule has 2 atom stereocenters. The number of imide groups is 1. The van der Waals surface area contributed by atoms with E-state index in [0.29, 0.717) is 17.0 Å². The third kappa shape index (κ3) is 4.02. The molecule has 0 saturated carbocycles. The van der Waals surface area contributed by atoms with Gasteiger partial charge in [0.1, 0.15) is 17.2 Å². The van der Waals surface area contributed by atoms with Gasteiger partial charge in [0.15, 0.2) is 0 Å². The molecule has 0 unspecified atom stereocenters. The van der Waals surface area contributed by atoms with E-state index in [1.165, 1.54) is 6.07 Å². The molecule has 1 aliphatic heterocycles. The fourth-order valence-corrected chi connectivity index (χ4v) is 3.41. The van der Waals surface area contributed by atoms with Gasteiger partial charge in [0.25, 0.3) is 11.8 Å². The highest BCUT2D eigenvalue weighted by atomic mass is 19.1. The van der Waals surface area contributed by atoms with Crippen LogP contribution in [-0.2, 0) is 15.1 Å². The first-order chi connectivity index (χ1) is 14.3. The molecule has 1 saturated heterocycles. The molecular formula is C21H22F2N4O3. The maximum absolute atomic E-state index is 13.9. The first-order valence-electron chi connectivity index (χ1n) is 9.48. The van der Waals surface area contributed by atoms with Crippen LogP contribution in [0.25, 0.3) is 0 Å². The lowest BCUT2D eigenvalue weighted by atomic mass is 9.87. The predicted octanol–water partition coefficient (Wildman–Crippen LogP) is 2.50. The highest BCUT2D eigenvalue weighted by molar-refractivity contribution is 6.08. The average molecular weight is 416 g/mol. The normalized spacial score (nSPS) is 19.5. The first-order valence-corrected chi connectivity index (χ1v) is 9.48. The van der Waals surface area contributed by atoms with Crippen LogP contribution in [0.1, 0.15) is 37.4 Å². The summed E-state index contributed by atoms with van der Waals surface area (Å²) in [5, 5.41) is 6.10. The van der Waals surface area contributed by atoms with Gasteiger partial charge in [-0.1, -0.05) is 43.3 Å². The van der Waals surface area contributed by atoms with Gasteiger partial charge in [-0.2, -0.15) is 5.01 Å². The average Bonchev–Trinajstić information content (AvgIpc) is 2.97. The molecule has 0 bridgehead atoms. The van der Waals surface area contributed by atoms with Crippen molar-refractivity contribution in [2.24, 2.45) is 0 Å². The summed E-state index contributed by atoms with van der Waals surface area (Å²) in [4.78, 5) is 37.6. The molecule has 7 nitrogen and oxygen atoms in total. The fraction of sp³-hybridized carbons (Fsp3) is 0.286. The zero-order valence-electron chi connectivity index (χ0n) is 16.5.